The molecule has 0 aliphatic carbocycles. The Hall–Kier alpha value is -4.12. The van der Waals surface area contributed by atoms with E-state index in [0.29, 0.717) is 53.9 Å². The number of hydrogen-bond donors (Lipinski definition) is 1. The quantitative estimate of drug-likeness (QED) is 0.393. The molecule has 1 N–H and O–H groups in total. The van der Waals surface area contributed by atoms with Gasteiger partial charge in [-0.15, -0.1) is 0 Å². The van der Waals surface area contributed by atoms with E-state index in [1.165, 1.54) is 18.5 Å². The average molecular weight is 533 g/mol. The van der Waals surface area contributed by atoms with E-state index in [2.05, 4.69) is 25.5 Å². The van der Waals surface area contributed by atoms with Crippen LogP contribution in [0.3, 0.4) is 0 Å². The number of aromatic nitrogens is 6. The second kappa shape index (κ2) is 10.6. The van der Waals surface area contributed by atoms with Crippen LogP contribution >= 0.6 is 0 Å². The fourth-order valence-corrected chi connectivity index (χ4v) is 5.30. The maximum atomic E-state index is 13.5. The molecule has 204 valence electrons. The second-order valence-electron chi connectivity index (χ2n) is 9.97. The summed E-state index contributed by atoms with van der Waals surface area (Å²) in [6, 6.07) is 8.16. The molecule has 0 radical (unpaired) electrons. The summed E-state index contributed by atoms with van der Waals surface area (Å²) < 4.78 is 22.7. The predicted octanol–water partition coefficient (Wildman–Crippen LogP) is 4.37. The second-order valence-corrected chi connectivity index (χ2v) is 9.97. The number of carbonyl (C=O) groups excluding carboxylic acids is 1. The zero-order chi connectivity index (χ0) is 27.8. The van der Waals surface area contributed by atoms with Crippen molar-refractivity contribution in [3.8, 4) is 17.1 Å². The van der Waals surface area contributed by atoms with Crippen molar-refractivity contribution in [1.82, 2.24) is 34.4 Å². The van der Waals surface area contributed by atoms with Gasteiger partial charge in [0.1, 0.15) is 18.0 Å². The molecule has 1 aliphatic rings. The SMILES string of the molecule is CCc1c(Nc2cc(-n3nc(C)c(C(=O)N4CC(C)OC(C)C4)c3C)ncn2)nn(C)c1-c1ccc(F)cc1. The molecule has 2 atom stereocenters. The summed E-state index contributed by atoms with van der Waals surface area (Å²) in [5.41, 5.74) is 4.69. The molecule has 1 amide bonds. The standard InChI is InChI=1S/C28H33FN8O2/c1-7-22-26(20-8-10-21(29)11-9-20)35(6)34-27(22)32-23-12-24(31-15-30-23)37-19(5)25(18(4)33-37)28(38)36-13-16(2)39-17(3)14-36/h8-12,15-17H,7,13-14H2,1-6H3,(H,30,31,32,34). The number of aryl methyl sites for hydroxylation is 2. The molecule has 1 saturated heterocycles. The lowest BCUT2D eigenvalue weighted by Crippen LogP contribution is -2.48. The van der Waals surface area contributed by atoms with Gasteiger partial charge >= 0.3 is 0 Å². The first-order chi connectivity index (χ1) is 18.7. The molecule has 4 heterocycles. The number of hydrogen-bond acceptors (Lipinski definition) is 7. The highest BCUT2D eigenvalue weighted by Gasteiger charge is 2.30. The zero-order valence-corrected chi connectivity index (χ0v) is 23.1. The number of anilines is 2. The number of carbonyl (C=O) groups is 1. The predicted molar refractivity (Wildman–Crippen MR) is 146 cm³/mol. The molecule has 3 aromatic heterocycles. The minimum absolute atomic E-state index is 0.0213. The first-order valence-corrected chi connectivity index (χ1v) is 13.1. The summed E-state index contributed by atoms with van der Waals surface area (Å²) >= 11 is 0. The summed E-state index contributed by atoms with van der Waals surface area (Å²) in [5.74, 6) is 1.39. The summed E-state index contributed by atoms with van der Waals surface area (Å²) in [7, 11) is 1.86. The lowest BCUT2D eigenvalue weighted by molar-refractivity contribution is -0.0586. The molecule has 0 bridgehead atoms. The van der Waals surface area contributed by atoms with Gasteiger partial charge in [-0.2, -0.15) is 10.2 Å². The Morgan fingerprint density at radius 3 is 2.46 bits per heavy atom. The number of amides is 1. The maximum Gasteiger partial charge on any atom is 0.257 e. The van der Waals surface area contributed by atoms with Crippen LogP contribution in [-0.2, 0) is 18.2 Å². The third-order valence-electron chi connectivity index (χ3n) is 6.94. The van der Waals surface area contributed by atoms with Gasteiger partial charge in [0.15, 0.2) is 11.6 Å². The van der Waals surface area contributed by atoms with E-state index >= 15 is 0 Å². The lowest BCUT2D eigenvalue weighted by atomic mass is 10.1. The number of nitrogens with one attached hydrogen (secondary N) is 1. The van der Waals surface area contributed by atoms with E-state index in [1.54, 1.807) is 27.6 Å². The van der Waals surface area contributed by atoms with Crippen molar-refractivity contribution in [3.05, 3.63) is 65.0 Å². The largest absolute Gasteiger partial charge is 0.372 e. The van der Waals surface area contributed by atoms with Gasteiger partial charge in [-0.1, -0.05) is 6.92 Å². The number of rotatable bonds is 6. The first kappa shape index (κ1) is 26.5. The van der Waals surface area contributed by atoms with Crippen LogP contribution in [0.5, 0.6) is 0 Å². The molecule has 0 saturated carbocycles. The Morgan fingerprint density at radius 2 is 1.79 bits per heavy atom. The molecule has 39 heavy (non-hydrogen) atoms. The van der Waals surface area contributed by atoms with Crippen molar-refractivity contribution in [2.75, 3.05) is 18.4 Å². The molecular weight excluding hydrogens is 499 g/mol. The summed E-state index contributed by atoms with van der Waals surface area (Å²) in [4.78, 5) is 24.1. The summed E-state index contributed by atoms with van der Waals surface area (Å²) in [5, 5.41) is 12.6. The molecule has 10 nitrogen and oxygen atoms in total. The zero-order valence-electron chi connectivity index (χ0n) is 23.1. The van der Waals surface area contributed by atoms with Gasteiger partial charge in [0.2, 0.25) is 0 Å². The summed E-state index contributed by atoms with van der Waals surface area (Å²) in [6.07, 6.45) is 2.12. The van der Waals surface area contributed by atoms with Crippen molar-refractivity contribution < 1.29 is 13.9 Å². The number of morpholine rings is 1. The van der Waals surface area contributed by atoms with Gasteiger partial charge in [-0.05, 0) is 58.4 Å². The fourth-order valence-electron chi connectivity index (χ4n) is 5.30. The number of ether oxygens (including phenoxy) is 1. The number of nitrogens with zero attached hydrogens (tertiary/aromatic N) is 7. The minimum Gasteiger partial charge on any atom is -0.372 e. The Balaban J connectivity index is 1.44. The molecular formula is C28H33FN8O2. The summed E-state index contributed by atoms with van der Waals surface area (Å²) in [6.45, 7) is 10.8. The maximum absolute atomic E-state index is 13.5. The van der Waals surface area contributed by atoms with Crippen molar-refractivity contribution in [2.24, 2.45) is 7.05 Å². The smallest absolute Gasteiger partial charge is 0.257 e. The van der Waals surface area contributed by atoms with Gasteiger partial charge in [-0.3, -0.25) is 9.48 Å². The molecule has 4 aromatic rings. The monoisotopic (exact) mass is 532 g/mol. The lowest BCUT2D eigenvalue weighted by Gasteiger charge is -2.35. The van der Waals surface area contributed by atoms with Crippen molar-refractivity contribution in [1.29, 1.82) is 0 Å². The van der Waals surface area contributed by atoms with Gasteiger partial charge in [0.25, 0.3) is 5.91 Å². The van der Waals surface area contributed by atoms with Gasteiger partial charge in [0.05, 0.1) is 34.9 Å². The van der Waals surface area contributed by atoms with E-state index in [4.69, 9.17) is 4.74 Å². The van der Waals surface area contributed by atoms with Crippen LogP contribution in [0, 0.1) is 19.7 Å². The minimum atomic E-state index is -0.283. The van der Waals surface area contributed by atoms with Crippen LogP contribution in [0.4, 0.5) is 16.0 Å². The average Bonchev–Trinajstić information content (AvgIpc) is 3.37. The van der Waals surface area contributed by atoms with Crippen molar-refractivity contribution in [3.63, 3.8) is 0 Å². The highest BCUT2D eigenvalue weighted by molar-refractivity contribution is 5.96. The van der Waals surface area contributed by atoms with Crippen LogP contribution in [0.25, 0.3) is 17.1 Å². The number of halogens is 1. The topological polar surface area (TPSA) is 103 Å². The normalized spacial score (nSPS) is 17.5. The van der Waals surface area contributed by atoms with Gasteiger partial charge in [-0.25, -0.2) is 19.0 Å². The Kier molecular flexibility index (Phi) is 7.17. The van der Waals surface area contributed by atoms with Crippen LogP contribution in [0.15, 0.2) is 36.7 Å². The van der Waals surface area contributed by atoms with Crippen LogP contribution in [0.1, 0.15) is 48.1 Å². The molecule has 0 spiro atoms. The van der Waals surface area contributed by atoms with Crippen LogP contribution < -0.4 is 5.32 Å². The Labute approximate surface area is 226 Å². The molecule has 1 aromatic carbocycles. The molecule has 1 aliphatic heterocycles. The van der Waals surface area contributed by atoms with Crippen LogP contribution in [-0.4, -0.2) is 65.6 Å². The highest BCUT2D eigenvalue weighted by Crippen LogP contribution is 2.31. The van der Waals surface area contributed by atoms with Crippen molar-refractivity contribution in [2.45, 2.75) is 53.2 Å². The van der Waals surface area contributed by atoms with E-state index in [0.717, 1.165) is 16.8 Å². The van der Waals surface area contributed by atoms with Gasteiger partial charge in [0, 0.05) is 37.3 Å². The van der Waals surface area contributed by atoms with E-state index in [9.17, 15) is 9.18 Å². The number of benzene rings is 1. The first-order valence-electron chi connectivity index (χ1n) is 13.1. The van der Waals surface area contributed by atoms with E-state index in [1.807, 2.05) is 46.6 Å². The molecule has 1 fully saturated rings. The highest BCUT2D eigenvalue weighted by atomic mass is 19.1. The Morgan fingerprint density at radius 1 is 1.10 bits per heavy atom. The van der Waals surface area contributed by atoms with Crippen LogP contribution in [0.2, 0.25) is 0 Å². The third kappa shape index (κ3) is 5.14. The molecule has 2 unspecified atom stereocenters. The van der Waals surface area contributed by atoms with E-state index < -0.39 is 0 Å². The molecule has 11 heteroatoms. The van der Waals surface area contributed by atoms with Gasteiger partial charge < -0.3 is 15.0 Å². The molecule has 5 rings (SSSR count). The third-order valence-corrected chi connectivity index (χ3v) is 6.94. The van der Waals surface area contributed by atoms with Crippen molar-refractivity contribution >= 4 is 17.5 Å². The Bertz CT molecular complexity index is 1500. The van der Waals surface area contributed by atoms with E-state index in [-0.39, 0.29) is 23.9 Å². The fraction of sp³-hybridized carbons (Fsp3) is 0.393.